The summed E-state index contributed by atoms with van der Waals surface area (Å²) in [5.41, 5.74) is 0.820. The van der Waals surface area contributed by atoms with Crippen LogP contribution in [0.15, 0.2) is 18.2 Å². The average Bonchev–Trinajstić information content (AvgIpc) is 2.45. The summed E-state index contributed by atoms with van der Waals surface area (Å²) in [7, 11) is -3.89. The van der Waals surface area contributed by atoms with Gasteiger partial charge in [0.2, 0.25) is 0 Å². The second kappa shape index (κ2) is 7.98. The van der Waals surface area contributed by atoms with Crippen molar-refractivity contribution in [2.24, 2.45) is 0 Å². The van der Waals surface area contributed by atoms with Crippen LogP contribution in [0.25, 0.3) is 0 Å². The number of anilines is 1. The molecule has 5 nitrogen and oxygen atoms in total. The van der Waals surface area contributed by atoms with Gasteiger partial charge in [-0.2, -0.15) is 21.6 Å². The minimum atomic E-state index is -5.02. The molecule has 1 atom stereocenters. The first-order valence-electron chi connectivity index (χ1n) is 7.39. The van der Waals surface area contributed by atoms with Gasteiger partial charge in [-0.3, -0.25) is 8.98 Å². The van der Waals surface area contributed by atoms with Crippen LogP contribution in [-0.4, -0.2) is 26.6 Å². The molecule has 0 saturated carbocycles. The summed E-state index contributed by atoms with van der Waals surface area (Å²) in [5.74, 6) is -2.59. The lowest BCUT2D eigenvalue weighted by Gasteiger charge is -2.14. The second-order valence-corrected chi connectivity index (χ2v) is 6.90. The summed E-state index contributed by atoms with van der Waals surface area (Å²) in [6.07, 6.45) is -4.52. The van der Waals surface area contributed by atoms with Gasteiger partial charge in [-0.15, -0.1) is 0 Å². The van der Waals surface area contributed by atoms with Crippen LogP contribution in [0.2, 0.25) is 0 Å². The average molecular weight is 367 g/mol. The number of amides is 1. The van der Waals surface area contributed by atoms with Gasteiger partial charge in [-0.1, -0.05) is 19.9 Å². The lowest BCUT2D eigenvalue weighted by atomic mass is 10.1. The van der Waals surface area contributed by atoms with Crippen molar-refractivity contribution in [1.82, 2.24) is 0 Å². The van der Waals surface area contributed by atoms with Gasteiger partial charge < -0.3 is 5.32 Å². The number of halogens is 3. The number of hydrogen-bond donors (Lipinski definition) is 1. The van der Waals surface area contributed by atoms with Crippen molar-refractivity contribution in [3.05, 3.63) is 29.3 Å². The number of hydrogen-bond acceptors (Lipinski definition) is 4. The van der Waals surface area contributed by atoms with E-state index in [0.717, 1.165) is 0 Å². The van der Waals surface area contributed by atoms with E-state index in [0.29, 0.717) is 24.0 Å². The van der Waals surface area contributed by atoms with E-state index >= 15 is 0 Å². The third kappa shape index (κ3) is 6.12. The molecule has 0 aliphatic rings. The monoisotopic (exact) mass is 367 g/mol. The molecule has 0 heterocycles. The zero-order chi connectivity index (χ0) is 18.5. The van der Waals surface area contributed by atoms with Crippen LogP contribution < -0.4 is 5.32 Å². The van der Waals surface area contributed by atoms with E-state index in [4.69, 9.17) is 4.18 Å². The maximum atomic E-state index is 12.3. The van der Waals surface area contributed by atoms with Gasteiger partial charge in [0.25, 0.3) is 10.1 Å². The molecule has 1 aromatic rings. The Labute approximate surface area is 139 Å². The highest BCUT2D eigenvalue weighted by atomic mass is 32.2. The van der Waals surface area contributed by atoms with Gasteiger partial charge >= 0.3 is 12.1 Å². The van der Waals surface area contributed by atoms with E-state index in [2.05, 4.69) is 0 Å². The summed E-state index contributed by atoms with van der Waals surface area (Å²) in [4.78, 5) is 11.0. The molecular formula is C15H20F3NO4S. The smallest absolute Gasteiger partial charge is 0.318 e. The summed E-state index contributed by atoms with van der Waals surface area (Å²) < 4.78 is 66.0. The minimum absolute atomic E-state index is 0.122. The molecule has 1 rings (SSSR count). The Hall–Kier alpha value is -1.61. The number of alkyl halides is 3. The Bertz CT molecular complexity index is 686. The van der Waals surface area contributed by atoms with Crippen LogP contribution in [0.1, 0.15) is 38.3 Å². The maximum Gasteiger partial charge on any atom is 0.471 e. The van der Waals surface area contributed by atoms with Gasteiger partial charge in [-0.25, -0.2) is 0 Å². The SMILES string of the molecule is CCc1ccc(NC(=O)C(F)(F)F)cc1CS(=O)(=O)O[C@@H](C)CC. The third-order valence-electron chi connectivity index (χ3n) is 3.32. The number of benzene rings is 1. The van der Waals surface area contributed by atoms with Crippen LogP contribution >= 0.6 is 0 Å². The molecular weight excluding hydrogens is 347 g/mol. The fourth-order valence-electron chi connectivity index (χ4n) is 1.93. The number of nitrogens with one attached hydrogen (secondary N) is 1. The Kier molecular flexibility index (Phi) is 6.79. The van der Waals surface area contributed by atoms with Crippen molar-refractivity contribution in [3.63, 3.8) is 0 Å². The summed E-state index contributed by atoms with van der Waals surface area (Å²) in [6.45, 7) is 5.16. The van der Waals surface area contributed by atoms with Crippen LogP contribution in [0, 0.1) is 0 Å². The summed E-state index contributed by atoms with van der Waals surface area (Å²) in [6, 6.07) is 4.01. The summed E-state index contributed by atoms with van der Waals surface area (Å²) in [5, 5.41) is 1.71. The first-order valence-corrected chi connectivity index (χ1v) is 8.97. The molecule has 136 valence electrons. The van der Waals surface area contributed by atoms with E-state index in [-0.39, 0.29) is 5.69 Å². The Morgan fingerprint density at radius 3 is 2.38 bits per heavy atom. The van der Waals surface area contributed by atoms with E-state index in [1.165, 1.54) is 18.2 Å². The minimum Gasteiger partial charge on any atom is -0.318 e. The molecule has 1 amide bonds. The fraction of sp³-hybridized carbons (Fsp3) is 0.533. The van der Waals surface area contributed by atoms with Crippen LogP contribution in [0.3, 0.4) is 0 Å². The number of carbonyl (C=O) groups excluding carboxylic acids is 1. The molecule has 0 aliphatic heterocycles. The molecule has 1 N–H and O–H groups in total. The van der Waals surface area contributed by atoms with Gasteiger partial charge in [0.05, 0.1) is 6.10 Å². The molecule has 0 radical (unpaired) electrons. The highest BCUT2D eigenvalue weighted by molar-refractivity contribution is 7.85. The summed E-state index contributed by atoms with van der Waals surface area (Å²) >= 11 is 0. The normalized spacial score (nSPS) is 13.6. The Balaban J connectivity index is 3.05. The molecule has 0 spiro atoms. The molecule has 1 aromatic carbocycles. The van der Waals surface area contributed by atoms with Gasteiger partial charge in [0.1, 0.15) is 5.75 Å². The standard InChI is InChI=1S/C15H20F3NO4S/c1-4-10(3)23-24(21,22)9-12-8-13(7-6-11(12)5-2)19-14(20)15(16,17)18/h6-8,10H,4-5,9H2,1-3H3,(H,19,20)/t10-/m0/s1. The number of rotatable bonds is 7. The van der Waals surface area contributed by atoms with Gasteiger partial charge in [0, 0.05) is 5.69 Å². The predicted molar refractivity (Wildman–Crippen MR) is 84.0 cm³/mol. The van der Waals surface area contributed by atoms with Crippen LogP contribution in [-0.2, 0) is 31.3 Å². The first kappa shape index (κ1) is 20.4. The highest BCUT2D eigenvalue weighted by Gasteiger charge is 2.38. The molecule has 0 fully saturated rings. The molecule has 0 bridgehead atoms. The van der Waals surface area contributed by atoms with E-state index in [9.17, 15) is 26.4 Å². The molecule has 0 unspecified atom stereocenters. The van der Waals surface area contributed by atoms with Crippen molar-refractivity contribution in [3.8, 4) is 0 Å². The maximum absolute atomic E-state index is 12.3. The van der Waals surface area contributed by atoms with E-state index < -0.39 is 34.1 Å². The van der Waals surface area contributed by atoms with E-state index in [1.807, 2.05) is 0 Å². The zero-order valence-electron chi connectivity index (χ0n) is 13.6. The first-order chi connectivity index (χ1) is 11.0. The molecule has 0 aromatic heterocycles. The van der Waals surface area contributed by atoms with Crippen molar-refractivity contribution in [2.75, 3.05) is 5.32 Å². The van der Waals surface area contributed by atoms with Gasteiger partial charge in [-0.05, 0) is 43.0 Å². The van der Waals surface area contributed by atoms with Gasteiger partial charge in [0.15, 0.2) is 0 Å². The second-order valence-electron chi connectivity index (χ2n) is 5.31. The quantitative estimate of drug-likeness (QED) is 0.750. The Morgan fingerprint density at radius 2 is 1.88 bits per heavy atom. The van der Waals surface area contributed by atoms with Crippen LogP contribution in [0.4, 0.5) is 18.9 Å². The fourth-order valence-corrected chi connectivity index (χ4v) is 3.28. The lowest BCUT2D eigenvalue weighted by molar-refractivity contribution is -0.167. The van der Waals surface area contributed by atoms with Crippen LogP contribution in [0.5, 0.6) is 0 Å². The third-order valence-corrected chi connectivity index (χ3v) is 4.61. The Morgan fingerprint density at radius 1 is 1.25 bits per heavy atom. The zero-order valence-corrected chi connectivity index (χ0v) is 14.4. The highest BCUT2D eigenvalue weighted by Crippen LogP contribution is 2.23. The van der Waals surface area contributed by atoms with Crippen molar-refractivity contribution in [1.29, 1.82) is 0 Å². The largest absolute Gasteiger partial charge is 0.471 e. The molecule has 0 aliphatic carbocycles. The van der Waals surface area contributed by atoms with Crippen molar-refractivity contribution in [2.45, 2.75) is 51.6 Å². The topological polar surface area (TPSA) is 72.5 Å². The molecule has 0 saturated heterocycles. The van der Waals surface area contributed by atoms with E-state index in [1.54, 1.807) is 26.1 Å². The van der Waals surface area contributed by atoms with Crippen molar-refractivity contribution >= 4 is 21.7 Å². The lowest BCUT2D eigenvalue weighted by Crippen LogP contribution is -2.30. The number of carbonyl (C=O) groups is 1. The van der Waals surface area contributed by atoms with Crippen molar-refractivity contribution < 1.29 is 30.6 Å². The molecule has 24 heavy (non-hydrogen) atoms. The number of aryl methyl sites for hydroxylation is 1. The molecule has 9 heteroatoms. The predicted octanol–water partition coefficient (Wildman–Crippen LogP) is 3.39.